The van der Waals surface area contributed by atoms with Gasteiger partial charge in [-0.1, -0.05) is 6.92 Å². The minimum atomic E-state index is -0.538. The van der Waals surface area contributed by atoms with E-state index in [1.54, 1.807) is 6.92 Å². The number of amides is 1. The molecule has 0 saturated heterocycles. The fraction of sp³-hybridized carbons (Fsp3) is 0.714. The molecule has 1 N–H and O–H groups in total. The summed E-state index contributed by atoms with van der Waals surface area (Å²) < 4.78 is 4.32. The number of nitrogens with one attached hydrogen (secondary N) is 1. The number of ketones is 1. The van der Waals surface area contributed by atoms with Crippen LogP contribution in [0.1, 0.15) is 6.92 Å². The van der Waals surface area contributed by atoms with Crippen LogP contribution >= 0.6 is 11.6 Å². The van der Waals surface area contributed by atoms with Crippen LogP contribution in [0.2, 0.25) is 0 Å². The van der Waals surface area contributed by atoms with E-state index in [0.29, 0.717) is 0 Å². The molecule has 0 aromatic carbocycles. The summed E-state index contributed by atoms with van der Waals surface area (Å²) in [6.07, 6.45) is -0.538. The molecule has 1 unspecified atom stereocenters. The number of carbonyl (C=O) groups is 2. The van der Waals surface area contributed by atoms with Crippen molar-refractivity contribution in [1.82, 2.24) is 5.32 Å². The van der Waals surface area contributed by atoms with Crippen molar-refractivity contribution >= 4 is 23.5 Å². The third kappa shape index (κ3) is 4.18. The van der Waals surface area contributed by atoms with Gasteiger partial charge in [0, 0.05) is 12.5 Å². The van der Waals surface area contributed by atoms with Crippen LogP contribution in [-0.4, -0.2) is 31.4 Å². The normalized spacial score (nSPS) is 11.9. The molecule has 0 radical (unpaired) electrons. The SMILES string of the molecule is COC(=O)NCC(C)C(=O)CCl. The summed E-state index contributed by atoms with van der Waals surface area (Å²) in [5, 5.41) is 2.41. The van der Waals surface area contributed by atoms with Crippen LogP contribution in [0.15, 0.2) is 0 Å². The zero-order chi connectivity index (χ0) is 9.56. The van der Waals surface area contributed by atoms with Gasteiger partial charge < -0.3 is 10.1 Å². The van der Waals surface area contributed by atoms with E-state index in [0.717, 1.165) is 0 Å². The maximum Gasteiger partial charge on any atom is 0.406 e. The number of ether oxygens (including phenoxy) is 1. The number of Topliss-reactive ketones (excluding diaryl/α,β-unsaturated/α-hetero) is 1. The Kier molecular flexibility index (Phi) is 5.45. The van der Waals surface area contributed by atoms with Crippen molar-refractivity contribution in [2.24, 2.45) is 5.92 Å². The predicted octanol–water partition coefficient (Wildman–Crippen LogP) is 0.786. The molecule has 0 spiro atoms. The second-order valence-corrected chi connectivity index (χ2v) is 2.64. The molecule has 0 aromatic heterocycles. The summed E-state index contributed by atoms with van der Waals surface area (Å²) in [5.74, 6) is -0.376. The van der Waals surface area contributed by atoms with Crippen LogP contribution in [0, 0.1) is 5.92 Å². The first-order valence-electron chi connectivity index (χ1n) is 3.52. The zero-order valence-electron chi connectivity index (χ0n) is 7.09. The third-order valence-electron chi connectivity index (χ3n) is 1.42. The predicted molar refractivity (Wildman–Crippen MR) is 45.3 cm³/mol. The summed E-state index contributed by atoms with van der Waals surface area (Å²) in [6.45, 7) is 1.96. The molecule has 0 heterocycles. The average molecular weight is 194 g/mol. The van der Waals surface area contributed by atoms with Gasteiger partial charge in [0.15, 0.2) is 5.78 Å². The molecule has 0 aliphatic rings. The second kappa shape index (κ2) is 5.83. The molecule has 0 saturated carbocycles. The second-order valence-electron chi connectivity index (χ2n) is 2.37. The van der Waals surface area contributed by atoms with E-state index in [2.05, 4.69) is 10.1 Å². The number of hydrogen-bond donors (Lipinski definition) is 1. The van der Waals surface area contributed by atoms with Gasteiger partial charge in [0.05, 0.1) is 13.0 Å². The van der Waals surface area contributed by atoms with Crippen molar-refractivity contribution in [3.8, 4) is 0 Å². The molecule has 5 heteroatoms. The molecule has 1 amide bonds. The van der Waals surface area contributed by atoms with E-state index in [1.165, 1.54) is 7.11 Å². The lowest BCUT2D eigenvalue weighted by molar-refractivity contribution is -0.119. The maximum atomic E-state index is 10.9. The Bertz CT molecular complexity index is 172. The van der Waals surface area contributed by atoms with Crippen molar-refractivity contribution in [3.63, 3.8) is 0 Å². The van der Waals surface area contributed by atoms with Gasteiger partial charge in [-0.2, -0.15) is 0 Å². The monoisotopic (exact) mass is 193 g/mol. The molecular weight excluding hydrogens is 182 g/mol. The standard InChI is InChI=1S/C7H12ClNO3/c1-5(6(10)3-8)4-9-7(11)12-2/h5H,3-4H2,1-2H3,(H,9,11). The molecule has 0 aromatic rings. The van der Waals surface area contributed by atoms with Crippen LogP contribution in [0.3, 0.4) is 0 Å². The average Bonchev–Trinajstić information content (AvgIpc) is 2.11. The topological polar surface area (TPSA) is 55.4 Å². The summed E-state index contributed by atoms with van der Waals surface area (Å²) >= 11 is 5.30. The van der Waals surface area contributed by atoms with Crippen molar-refractivity contribution in [2.45, 2.75) is 6.92 Å². The molecule has 4 nitrogen and oxygen atoms in total. The highest BCUT2D eigenvalue weighted by atomic mass is 35.5. The molecule has 0 rings (SSSR count). The number of hydrogen-bond acceptors (Lipinski definition) is 3. The summed E-state index contributed by atoms with van der Waals surface area (Å²) in [7, 11) is 1.27. The number of methoxy groups -OCH3 is 1. The van der Waals surface area contributed by atoms with E-state index in [1.807, 2.05) is 0 Å². The lowest BCUT2D eigenvalue weighted by Crippen LogP contribution is -2.31. The van der Waals surface area contributed by atoms with Crippen LogP contribution < -0.4 is 5.32 Å². The minimum Gasteiger partial charge on any atom is -0.453 e. The fourth-order valence-electron chi connectivity index (χ4n) is 0.554. The van der Waals surface area contributed by atoms with E-state index in [9.17, 15) is 9.59 Å². The Morgan fingerprint density at radius 2 is 2.17 bits per heavy atom. The Morgan fingerprint density at radius 1 is 1.58 bits per heavy atom. The van der Waals surface area contributed by atoms with E-state index >= 15 is 0 Å². The molecule has 0 aliphatic carbocycles. The quantitative estimate of drug-likeness (QED) is 0.672. The maximum absolute atomic E-state index is 10.9. The van der Waals surface area contributed by atoms with Crippen LogP contribution in [0.5, 0.6) is 0 Å². The molecule has 0 bridgehead atoms. The Hall–Kier alpha value is -0.770. The van der Waals surface area contributed by atoms with E-state index in [-0.39, 0.29) is 24.1 Å². The number of alkyl halides is 1. The van der Waals surface area contributed by atoms with Crippen molar-refractivity contribution < 1.29 is 14.3 Å². The highest BCUT2D eigenvalue weighted by Crippen LogP contribution is 1.96. The number of alkyl carbamates (subject to hydrolysis) is 1. The van der Waals surface area contributed by atoms with Crippen molar-refractivity contribution in [1.29, 1.82) is 0 Å². The summed E-state index contributed by atoms with van der Waals surface area (Å²) in [5.41, 5.74) is 0. The molecular formula is C7H12ClNO3. The molecule has 0 aliphatic heterocycles. The van der Waals surface area contributed by atoms with E-state index in [4.69, 9.17) is 11.6 Å². The number of halogens is 1. The van der Waals surface area contributed by atoms with Gasteiger partial charge in [-0.3, -0.25) is 4.79 Å². The minimum absolute atomic E-state index is 0.0238. The Morgan fingerprint density at radius 3 is 2.58 bits per heavy atom. The molecule has 12 heavy (non-hydrogen) atoms. The zero-order valence-corrected chi connectivity index (χ0v) is 7.85. The van der Waals surface area contributed by atoms with Crippen LogP contribution in [-0.2, 0) is 9.53 Å². The van der Waals surface area contributed by atoms with Gasteiger partial charge >= 0.3 is 6.09 Å². The molecule has 70 valence electrons. The first kappa shape index (κ1) is 11.2. The van der Waals surface area contributed by atoms with Crippen LogP contribution in [0.4, 0.5) is 4.79 Å². The highest BCUT2D eigenvalue weighted by Gasteiger charge is 2.12. The highest BCUT2D eigenvalue weighted by molar-refractivity contribution is 6.27. The molecule has 0 fully saturated rings. The summed E-state index contributed by atoms with van der Waals surface area (Å²) in [6, 6.07) is 0. The number of rotatable bonds is 4. The van der Waals surface area contributed by atoms with Crippen molar-refractivity contribution in [2.75, 3.05) is 19.5 Å². The lowest BCUT2D eigenvalue weighted by atomic mass is 10.1. The van der Waals surface area contributed by atoms with Gasteiger partial charge in [0.1, 0.15) is 0 Å². The van der Waals surface area contributed by atoms with Gasteiger partial charge in [-0.05, 0) is 0 Å². The van der Waals surface area contributed by atoms with Gasteiger partial charge in [-0.25, -0.2) is 4.79 Å². The third-order valence-corrected chi connectivity index (χ3v) is 1.68. The Labute approximate surface area is 76.2 Å². The molecule has 1 atom stereocenters. The number of carbonyl (C=O) groups excluding carboxylic acids is 2. The van der Waals surface area contributed by atoms with Gasteiger partial charge in [-0.15, -0.1) is 11.6 Å². The smallest absolute Gasteiger partial charge is 0.406 e. The largest absolute Gasteiger partial charge is 0.453 e. The van der Waals surface area contributed by atoms with Gasteiger partial charge in [0.25, 0.3) is 0 Å². The van der Waals surface area contributed by atoms with Crippen LogP contribution in [0.25, 0.3) is 0 Å². The summed E-state index contributed by atoms with van der Waals surface area (Å²) in [4.78, 5) is 21.4. The van der Waals surface area contributed by atoms with E-state index < -0.39 is 6.09 Å². The van der Waals surface area contributed by atoms with Crippen molar-refractivity contribution in [3.05, 3.63) is 0 Å². The lowest BCUT2D eigenvalue weighted by Gasteiger charge is -2.08. The first-order valence-corrected chi connectivity index (χ1v) is 4.05. The first-order chi connectivity index (χ1) is 5.61. The Balaban J connectivity index is 3.63. The van der Waals surface area contributed by atoms with Gasteiger partial charge in [0.2, 0.25) is 0 Å². The fourth-order valence-corrected chi connectivity index (χ4v) is 0.818.